The molecule has 3 aromatic rings. The molecule has 0 spiro atoms. The average molecular weight is 355 g/mol. The molecule has 10 heteroatoms. The van der Waals surface area contributed by atoms with Crippen molar-refractivity contribution in [2.24, 2.45) is 0 Å². The predicted octanol–water partition coefficient (Wildman–Crippen LogP) is 0.380. The number of carbonyl (C=O) groups is 2. The highest BCUT2D eigenvalue weighted by Gasteiger charge is 2.28. The second kappa shape index (κ2) is 5.90. The minimum absolute atomic E-state index is 0.228. The van der Waals surface area contributed by atoms with Crippen molar-refractivity contribution in [3.8, 4) is 0 Å². The van der Waals surface area contributed by atoms with Crippen molar-refractivity contribution in [2.75, 3.05) is 13.7 Å². The van der Waals surface area contributed by atoms with E-state index in [-0.39, 0.29) is 17.4 Å². The van der Waals surface area contributed by atoms with E-state index in [1.807, 2.05) is 19.9 Å². The highest BCUT2D eigenvalue weighted by atomic mass is 16.5. The van der Waals surface area contributed by atoms with Crippen LogP contribution in [-0.2, 0) is 17.8 Å². The van der Waals surface area contributed by atoms with Gasteiger partial charge in [-0.2, -0.15) is 5.10 Å². The number of aromatic nitrogens is 6. The third-order valence-corrected chi connectivity index (χ3v) is 4.36. The summed E-state index contributed by atoms with van der Waals surface area (Å²) in [7, 11) is 1.31. The Balaban J connectivity index is 1.64. The number of amides is 1. The van der Waals surface area contributed by atoms with Crippen molar-refractivity contribution in [2.45, 2.75) is 26.9 Å². The van der Waals surface area contributed by atoms with E-state index in [9.17, 15) is 9.59 Å². The van der Waals surface area contributed by atoms with Crippen molar-refractivity contribution in [1.82, 2.24) is 34.3 Å². The maximum atomic E-state index is 13.0. The third-order valence-electron chi connectivity index (χ3n) is 4.36. The van der Waals surface area contributed by atoms with Gasteiger partial charge in [0.05, 0.1) is 25.9 Å². The smallest absolute Gasteiger partial charge is 0.358 e. The van der Waals surface area contributed by atoms with Gasteiger partial charge in [-0.05, 0) is 26.0 Å². The molecule has 3 aromatic heterocycles. The van der Waals surface area contributed by atoms with E-state index in [1.54, 1.807) is 20.0 Å². The quantitative estimate of drug-likeness (QED) is 0.612. The van der Waals surface area contributed by atoms with Crippen molar-refractivity contribution in [1.29, 1.82) is 0 Å². The van der Waals surface area contributed by atoms with Crippen LogP contribution in [0.5, 0.6) is 0 Å². The maximum absolute atomic E-state index is 13.0. The third kappa shape index (κ3) is 2.50. The van der Waals surface area contributed by atoms with Crippen LogP contribution in [0, 0.1) is 13.8 Å². The van der Waals surface area contributed by atoms with E-state index in [2.05, 4.69) is 20.3 Å². The number of hydrogen-bond donors (Lipinski definition) is 0. The van der Waals surface area contributed by atoms with E-state index in [0.29, 0.717) is 25.4 Å². The van der Waals surface area contributed by atoms with Crippen LogP contribution in [0.4, 0.5) is 0 Å². The number of methoxy groups -OCH3 is 1. The SMILES string of the molecule is COC(=O)c1cc2n(n1)CCN(C(=O)c1nnc3nc(C)cc(C)n13)C2. The van der Waals surface area contributed by atoms with Gasteiger partial charge in [-0.25, -0.2) is 9.78 Å². The predicted molar refractivity (Wildman–Crippen MR) is 88.6 cm³/mol. The molecule has 0 aromatic carbocycles. The van der Waals surface area contributed by atoms with Gasteiger partial charge in [0, 0.05) is 17.9 Å². The van der Waals surface area contributed by atoms with E-state index < -0.39 is 5.97 Å². The zero-order valence-corrected chi connectivity index (χ0v) is 14.6. The molecular formula is C16H17N7O3. The summed E-state index contributed by atoms with van der Waals surface area (Å²) in [6, 6.07) is 3.52. The fourth-order valence-corrected chi connectivity index (χ4v) is 3.15. The zero-order valence-electron chi connectivity index (χ0n) is 14.6. The second-order valence-corrected chi connectivity index (χ2v) is 6.16. The number of hydrogen-bond acceptors (Lipinski definition) is 7. The number of ether oxygens (including phenoxy) is 1. The molecular weight excluding hydrogens is 338 g/mol. The van der Waals surface area contributed by atoms with Gasteiger partial charge in [0.25, 0.3) is 11.7 Å². The summed E-state index contributed by atoms with van der Waals surface area (Å²) in [6.45, 7) is 5.03. The summed E-state index contributed by atoms with van der Waals surface area (Å²) < 4.78 is 8.06. The Morgan fingerprint density at radius 3 is 2.73 bits per heavy atom. The monoisotopic (exact) mass is 355 g/mol. The first kappa shape index (κ1) is 16.2. The van der Waals surface area contributed by atoms with E-state index in [4.69, 9.17) is 4.74 Å². The molecule has 0 aliphatic carbocycles. The van der Waals surface area contributed by atoms with Crippen molar-refractivity contribution < 1.29 is 14.3 Å². The lowest BCUT2D eigenvalue weighted by atomic mass is 10.2. The molecule has 0 radical (unpaired) electrons. The highest BCUT2D eigenvalue weighted by molar-refractivity contribution is 5.91. The number of fused-ring (bicyclic) bond motifs is 2. The van der Waals surface area contributed by atoms with Crippen molar-refractivity contribution in [3.05, 3.63) is 40.7 Å². The number of carbonyl (C=O) groups excluding carboxylic acids is 2. The minimum Gasteiger partial charge on any atom is -0.464 e. The van der Waals surface area contributed by atoms with Crippen LogP contribution >= 0.6 is 0 Å². The first-order chi connectivity index (χ1) is 12.5. The van der Waals surface area contributed by atoms with Gasteiger partial charge in [0.15, 0.2) is 5.69 Å². The molecule has 10 nitrogen and oxygen atoms in total. The van der Waals surface area contributed by atoms with Gasteiger partial charge >= 0.3 is 5.97 Å². The number of rotatable bonds is 2. The molecule has 0 fully saturated rings. The summed E-state index contributed by atoms with van der Waals surface area (Å²) in [6.07, 6.45) is 0. The molecule has 0 unspecified atom stereocenters. The Hall–Kier alpha value is -3.30. The van der Waals surface area contributed by atoms with Gasteiger partial charge in [-0.15, -0.1) is 10.2 Å². The second-order valence-electron chi connectivity index (χ2n) is 6.16. The molecule has 0 atom stereocenters. The van der Waals surface area contributed by atoms with Crippen LogP contribution in [0.25, 0.3) is 5.78 Å². The molecule has 0 N–H and O–H groups in total. The molecule has 0 saturated heterocycles. The molecule has 0 saturated carbocycles. The van der Waals surface area contributed by atoms with Crippen LogP contribution in [0.3, 0.4) is 0 Å². The Bertz CT molecular complexity index is 1040. The summed E-state index contributed by atoms with van der Waals surface area (Å²) in [5, 5.41) is 12.3. The first-order valence-corrected chi connectivity index (χ1v) is 8.11. The van der Waals surface area contributed by atoms with Gasteiger partial charge in [-0.3, -0.25) is 13.9 Å². The standard InChI is InChI=1S/C16H17N7O3/c1-9-6-10(2)23-13(18-19-16(23)17-9)14(24)21-4-5-22-11(8-21)7-12(20-22)15(25)26-3/h6-7H,4-5,8H2,1-3H3. The Kier molecular flexibility index (Phi) is 3.67. The lowest BCUT2D eigenvalue weighted by Crippen LogP contribution is -2.39. The van der Waals surface area contributed by atoms with Crippen LogP contribution < -0.4 is 0 Å². The largest absolute Gasteiger partial charge is 0.464 e. The van der Waals surface area contributed by atoms with Gasteiger partial charge in [-0.1, -0.05) is 0 Å². The van der Waals surface area contributed by atoms with Crippen molar-refractivity contribution in [3.63, 3.8) is 0 Å². The van der Waals surface area contributed by atoms with Crippen molar-refractivity contribution >= 4 is 17.7 Å². The lowest BCUT2D eigenvalue weighted by molar-refractivity contribution is 0.0590. The molecule has 1 aliphatic rings. The molecule has 4 heterocycles. The fourth-order valence-electron chi connectivity index (χ4n) is 3.15. The maximum Gasteiger partial charge on any atom is 0.358 e. The normalized spacial score (nSPS) is 13.7. The minimum atomic E-state index is -0.495. The summed E-state index contributed by atoms with van der Waals surface area (Å²) in [4.78, 5) is 30.6. The van der Waals surface area contributed by atoms with Gasteiger partial charge in [0.1, 0.15) is 0 Å². The van der Waals surface area contributed by atoms with Crippen LogP contribution in [-0.4, -0.2) is 59.8 Å². The van der Waals surface area contributed by atoms with Crippen LogP contribution in [0.15, 0.2) is 12.1 Å². The zero-order chi connectivity index (χ0) is 18.4. The Labute approximate surface area is 148 Å². The molecule has 1 amide bonds. The molecule has 0 bridgehead atoms. The number of esters is 1. The lowest BCUT2D eigenvalue weighted by Gasteiger charge is -2.27. The first-order valence-electron chi connectivity index (χ1n) is 8.11. The molecule has 134 valence electrons. The van der Waals surface area contributed by atoms with Crippen LogP contribution in [0.2, 0.25) is 0 Å². The highest BCUT2D eigenvalue weighted by Crippen LogP contribution is 2.17. The molecule has 26 heavy (non-hydrogen) atoms. The number of nitrogens with zero attached hydrogens (tertiary/aromatic N) is 7. The summed E-state index contributed by atoms with van der Waals surface area (Å²) >= 11 is 0. The summed E-state index contributed by atoms with van der Waals surface area (Å²) in [5.41, 5.74) is 2.67. The van der Waals surface area contributed by atoms with Crippen LogP contribution in [0.1, 0.15) is 38.2 Å². The fraction of sp³-hybridized carbons (Fsp3) is 0.375. The van der Waals surface area contributed by atoms with E-state index in [1.165, 1.54) is 7.11 Å². The molecule has 4 rings (SSSR count). The van der Waals surface area contributed by atoms with Gasteiger partial charge < -0.3 is 9.64 Å². The molecule has 1 aliphatic heterocycles. The summed E-state index contributed by atoms with van der Waals surface area (Å²) in [5.74, 6) is -0.101. The van der Waals surface area contributed by atoms with Gasteiger partial charge in [0.2, 0.25) is 5.82 Å². The topological polar surface area (TPSA) is 108 Å². The van der Waals surface area contributed by atoms with E-state index in [0.717, 1.165) is 17.1 Å². The Morgan fingerprint density at radius 1 is 1.15 bits per heavy atom. The average Bonchev–Trinajstić information content (AvgIpc) is 3.23. The number of aryl methyl sites for hydroxylation is 2. The Morgan fingerprint density at radius 2 is 1.96 bits per heavy atom. The van der Waals surface area contributed by atoms with E-state index >= 15 is 0 Å².